The van der Waals surface area contributed by atoms with Gasteiger partial charge in [0.25, 0.3) is 0 Å². The van der Waals surface area contributed by atoms with Crippen molar-refractivity contribution in [2.75, 3.05) is 13.7 Å². The van der Waals surface area contributed by atoms with Crippen LogP contribution in [0, 0.1) is 5.41 Å². The SMILES string of the molecule is COc1cccc(-c2[nH]ncc2CNCC(C)(C)C(N)=O)c1.Cl. The maximum Gasteiger partial charge on any atom is 0.224 e. The lowest BCUT2D eigenvalue weighted by Crippen LogP contribution is -2.40. The molecular formula is C16H23ClN4O2. The van der Waals surface area contributed by atoms with Crippen LogP contribution in [0.25, 0.3) is 11.3 Å². The number of carbonyl (C=O) groups is 1. The van der Waals surface area contributed by atoms with Crippen LogP contribution in [0.15, 0.2) is 30.5 Å². The van der Waals surface area contributed by atoms with Crippen molar-refractivity contribution in [1.82, 2.24) is 15.5 Å². The number of carbonyl (C=O) groups excluding carboxylic acids is 1. The lowest BCUT2D eigenvalue weighted by atomic mass is 9.92. The first-order valence-electron chi connectivity index (χ1n) is 7.11. The van der Waals surface area contributed by atoms with Gasteiger partial charge in [0.2, 0.25) is 5.91 Å². The van der Waals surface area contributed by atoms with Crippen molar-refractivity contribution in [3.63, 3.8) is 0 Å². The van der Waals surface area contributed by atoms with E-state index in [1.165, 1.54) is 0 Å². The fourth-order valence-corrected chi connectivity index (χ4v) is 2.07. The molecule has 0 fully saturated rings. The predicted octanol–water partition coefficient (Wildman–Crippen LogP) is 2.11. The number of hydrogen-bond donors (Lipinski definition) is 3. The minimum Gasteiger partial charge on any atom is -0.497 e. The van der Waals surface area contributed by atoms with Crippen LogP contribution in [0.5, 0.6) is 5.75 Å². The van der Waals surface area contributed by atoms with E-state index in [0.717, 1.165) is 22.6 Å². The molecule has 1 aromatic carbocycles. The minimum atomic E-state index is -0.583. The summed E-state index contributed by atoms with van der Waals surface area (Å²) in [5.74, 6) is 0.473. The molecule has 2 rings (SSSR count). The van der Waals surface area contributed by atoms with Gasteiger partial charge in [0, 0.05) is 24.2 Å². The lowest BCUT2D eigenvalue weighted by molar-refractivity contribution is -0.125. The molecule has 0 saturated heterocycles. The number of ether oxygens (including phenoxy) is 1. The number of primary amides is 1. The Hall–Kier alpha value is -2.05. The Balaban J connectivity index is 0.00000264. The smallest absolute Gasteiger partial charge is 0.224 e. The highest BCUT2D eigenvalue weighted by molar-refractivity contribution is 5.85. The number of rotatable bonds is 7. The lowest BCUT2D eigenvalue weighted by Gasteiger charge is -2.20. The summed E-state index contributed by atoms with van der Waals surface area (Å²) in [7, 11) is 1.64. The van der Waals surface area contributed by atoms with E-state index in [9.17, 15) is 4.79 Å². The normalized spacial score (nSPS) is 10.9. The molecule has 126 valence electrons. The van der Waals surface area contributed by atoms with Gasteiger partial charge in [0.05, 0.1) is 24.4 Å². The Morgan fingerprint density at radius 1 is 1.43 bits per heavy atom. The highest BCUT2D eigenvalue weighted by Crippen LogP contribution is 2.25. The maximum atomic E-state index is 11.3. The van der Waals surface area contributed by atoms with Crippen molar-refractivity contribution in [2.24, 2.45) is 11.1 Å². The standard InChI is InChI=1S/C16H22N4O2.ClH/c1-16(2,15(17)21)10-18-8-12-9-19-20-14(12)11-5-4-6-13(7-11)22-3;/h4-7,9,18H,8,10H2,1-3H3,(H2,17,21)(H,19,20);1H. The molecule has 23 heavy (non-hydrogen) atoms. The number of nitrogens with two attached hydrogens (primary N) is 1. The van der Waals surface area contributed by atoms with Crippen LogP contribution in [0.2, 0.25) is 0 Å². The summed E-state index contributed by atoms with van der Waals surface area (Å²) >= 11 is 0. The molecule has 2 aromatic rings. The van der Waals surface area contributed by atoms with E-state index in [-0.39, 0.29) is 18.3 Å². The van der Waals surface area contributed by atoms with Crippen LogP contribution in [0.4, 0.5) is 0 Å². The van der Waals surface area contributed by atoms with E-state index in [4.69, 9.17) is 10.5 Å². The Kier molecular flexibility index (Phi) is 6.60. The molecule has 0 spiro atoms. The third-order valence-electron chi connectivity index (χ3n) is 3.63. The molecule has 4 N–H and O–H groups in total. The van der Waals surface area contributed by atoms with Gasteiger partial charge in [0.15, 0.2) is 0 Å². The fraction of sp³-hybridized carbons (Fsp3) is 0.375. The first-order chi connectivity index (χ1) is 10.4. The second-order valence-corrected chi connectivity index (χ2v) is 5.85. The first-order valence-corrected chi connectivity index (χ1v) is 7.11. The molecule has 0 aliphatic heterocycles. The van der Waals surface area contributed by atoms with Gasteiger partial charge in [-0.1, -0.05) is 12.1 Å². The molecule has 6 nitrogen and oxygen atoms in total. The monoisotopic (exact) mass is 338 g/mol. The Labute approximate surface area is 142 Å². The van der Waals surface area contributed by atoms with Crippen LogP contribution in [-0.2, 0) is 11.3 Å². The molecule has 1 aromatic heterocycles. The van der Waals surface area contributed by atoms with Crippen LogP contribution < -0.4 is 15.8 Å². The number of methoxy groups -OCH3 is 1. The van der Waals surface area contributed by atoms with E-state index in [1.54, 1.807) is 13.3 Å². The number of aromatic amines is 1. The molecule has 1 heterocycles. The molecule has 7 heteroatoms. The van der Waals surface area contributed by atoms with Crippen LogP contribution in [0.1, 0.15) is 19.4 Å². The summed E-state index contributed by atoms with van der Waals surface area (Å²) in [6.07, 6.45) is 1.78. The van der Waals surface area contributed by atoms with E-state index in [0.29, 0.717) is 13.1 Å². The number of amides is 1. The van der Waals surface area contributed by atoms with Crippen molar-refractivity contribution in [3.8, 4) is 17.0 Å². The van der Waals surface area contributed by atoms with Crippen molar-refractivity contribution in [2.45, 2.75) is 20.4 Å². The molecular weight excluding hydrogens is 316 g/mol. The van der Waals surface area contributed by atoms with Gasteiger partial charge in [-0.2, -0.15) is 5.10 Å². The van der Waals surface area contributed by atoms with Crippen molar-refractivity contribution < 1.29 is 9.53 Å². The summed E-state index contributed by atoms with van der Waals surface area (Å²) in [4.78, 5) is 11.3. The molecule has 0 saturated carbocycles. The summed E-state index contributed by atoms with van der Waals surface area (Å²) in [6.45, 7) is 4.74. The second kappa shape index (κ2) is 7.99. The fourth-order valence-electron chi connectivity index (χ4n) is 2.07. The Bertz CT molecular complexity index is 655. The van der Waals surface area contributed by atoms with E-state index >= 15 is 0 Å². The van der Waals surface area contributed by atoms with Crippen molar-refractivity contribution in [1.29, 1.82) is 0 Å². The van der Waals surface area contributed by atoms with Crippen LogP contribution in [0.3, 0.4) is 0 Å². The van der Waals surface area contributed by atoms with Gasteiger partial charge in [-0.25, -0.2) is 0 Å². The van der Waals surface area contributed by atoms with E-state index in [2.05, 4.69) is 15.5 Å². The van der Waals surface area contributed by atoms with E-state index in [1.807, 2.05) is 38.1 Å². The van der Waals surface area contributed by atoms with Crippen molar-refractivity contribution in [3.05, 3.63) is 36.0 Å². The number of nitrogens with zero attached hydrogens (tertiary/aromatic N) is 1. The number of hydrogen-bond acceptors (Lipinski definition) is 4. The van der Waals surface area contributed by atoms with Gasteiger partial charge >= 0.3 is 0 Å². The van der Waals surface area contributed by atoms with E-state index < -0.39 is 5.41 Å². The zero-order valence-electron chi connectivity index (χ0n) is 13.6. The number of halogens is 1. The second-order valence-electron chi connectivity index (χ2n) is 5.85. The first kappa shape index (κ1) is 19.0. The zero-order chi connectivity index (χ0) is 16.2. The van der Waals surface area contributed by atoms with Gasteiger partial charge in [-0.05, 0) is 26.0 Å². The molecule has 0 bridgehead atoms. The van der Waals surface area contributed by atoms with Gasteiger partial charge < -0.3 is 15.8 Å². The quantitative estimate of drug-likeness (QED) is 0.720. The Morgan fingerprint density at radius 2 is 2.17 bits per heavy atom. The average Bonchev–Trinajstić information content (AvgIpc) is 2.95. The Morgan fingerprint density at radius 3 is 2.83 bits per heavy atom. The number of aromatic nitrogens is 2. The average molecular weight is 339 g/mol. The molecule has 0 aliphatic carbocycles. The van der Waals surface area contributed by atoms with Crippen molar-refractivity contribution >= 4 is 18.3 Å². The summed E-state index contributed by atoms with van der Waals surface area (Å²) in [5, 5.41) is 10.4. The number of nitrogens with one attached hydrogen (secondary N) is 2. The summed E-state index contributed by atoms with van der Waals surface area (Å²) < 4.78 is 5.24. The van der Waals surface area contributed by atoms with Gasteiger partial charge in [-0.15, -0.1) is 12.4 Å². The number of H-pyrrole nitrogens is 1. The predicted molar refractivity (Wildman–Crippen MR) is 92.5 cm³/mol. The molecule has 1 amide bonds. The highest BCUT2D eigenvalue weighted by atomic mass is 35.5. The zero-order valence-corrected chi connectivity index (χ0v) is 14.4. The maximum absolute atomic E-state index is 11.3. The van der Waals surface area contributed by atoms with Gasteiger partial charge in [-0.3, -0.25) is 9.89 Å². The minimum absolute atomic E-state index is 0. The third-order valence-corrected chi connectivity index (χ3v) is 3.63. The number of benzene rings is 1. The molecule has 0 unspecified atom stereocenters. The largest absolute Gasteiger partial charge is 0.497 e. The molecule has 0 radical (unpaired) electrons. The highest BCUT2D eigenvalue weighted by Gasteiger charge is 2.24. The topological polar surface area (TPSA) is 93.0 Å². The van der Waals surface area contributed by atoms with Crippen LogP contribution in [-0.4, -0.2) is 29.8 Å². The van der Waals surface area contributed by atoms with Crippen LogP contribution >= 0.6 is 12.4 Å². The van der Waals surface area contributed by atoms with Gasteiger partial charge in [0.1, 0.15) is 5.75 Å². The third kappa shape index (κ3) is 4.71. The summed E-state index contributed by atoms with van der Waals surface area (Å²) in [5.41, 5.74) is 7.75. The molecule has 0 atom stereocenters. The summed E-state index contributed by atoms with van der Waals surface area (Å²) in [6, 6.07) is 7.77. The molecule has 0 aliphatic rings.